The van der Waals surface area contributed by atoms with Gasteiger partial charge in [-0.05, 0) is 25.7 Å². The highest BCUT2D eigenvalue weighted by Crippen LogP contribution is 2.27. The summed E-state index contributed by atoms with van der Waals surface area (Å²) in [6.07, 6.45) is 7.07. The van der Waals surface area contributed by atoms with Crippen LogP contribution in [0.4, 0.5) is 5.82 Å². The van der Waals surface area contributed by atoms with Crippen molar-refractivity contribution in [1.82, 2.24) is 9.97 Å². The van der Waals surface area contributed by atoms with E-state index in [1.807, 2.05) is 0 Å². The Hall–Kier alpha value is -1.69. The number of nitrogens with zero attached hydrogens (tertiary/aromatic N) is 3. The van der Waals surface area contributed by atoms with Crippen LogP contribution in [0.2, 0.25) is 0 Å². The average Bonchev–Trinajstić information content (AvgIpc) is 2.71. The predicted molar refractivity (Wildman–Crippen MR) is 77.5 cm³/mol. The van der Waals surface area contributed by atoms with Gasteiger partial charge in [-0.1, -0.05) is 6.42 Å². The third kappa shape index (κ3) is 3.32. The number of aromatic nitrogens is 2. The lowest BCUT2D eigenvalue weighted by molar-refractivity contribution is -0.140. The molecule has 1 aromatic rings. The molecule has 6 heteroatoms. The Morgan fingerprint density at radius 3 is 3.05 bits per heavy atom. The predicted octanol–water partition coefficient (Wildman–Crippen LogP) is 1.43. The molecule has 1 fully saturated rings. The van der Waals surface area contributed by atoms with Gasteiger partial charge in [-0.3, -0.25) is 4.79 Å². The van der Waals surface area contributed by atoms with Gasteiger partial charge in [0, 0.05) is 24.3 Å². The van der Waals surface area contributed by atoms with E-state index < -0.39 is 5.97 Å². The molecule has 0 radical (unpaired) electrons. The smallest absolute Gasteiger partial charge is 0.306 e. The Morgan fingerprint density at radius 1 is 1.33 bits per heavy atom. The van der Waals surface area contributed by atoms with Crippen LogP contribution in [0.3, 0.4) is 0 Å². The topological polar surface area (TPSA) is 75.5 Å². The van der Waals surface area contributed by atoms with Crippen LogP contribution in [-0.4, -0.2) is 46.8 Å². The van der Waals surface area contributed by atoms with E-state index in [0.29, 0.717) is 13.2 Å². The number of hydrogen-bond acceptors (Lipinski definition) is 5. The number of carboxylic acid groups (broad SMARTS) is 1. The van der Waals surface area contributed by atoms with Crippen LogP contribution in [0.5, 0.6) is 0 Å². The number of fused-ring (bicyclic) bond motifs is 1. The van der Waals surface area contributed by atoms with E-state index in [4.69, 9.17) is 9.84 Å². The lowest BCUT2D eigenvalue weighted by atomic mass is 10.1. The number of hydrogen-bond donors (Lipinski definition) is 1. The molecule has 1 atom stereocenters. The normalized spacial score (nSPS) is 22.5. The lowest BCUT2D eigenvalue weighted by Crippen LogP contribution is -2.44. The van der Waals surface area contributed by atoms with E-state index in [-0.39, 0.29) is 12.5 Å². The first kappa shape index (κ1) is 14.3. The summed E-state index contributed by atoms with van der Waals surface area (Å²) < 4.78 is 5.54. The fourth-order valence-electron chi connectivity index (χ4n) is 3.18. The molecule has 6 nitrogen and oxygen atoms in total. The number of rotatable bonds is 3. The van der Waals surface area contributed by atoms with Crippen molar-refractivity contribution in [2.24, 2.45) is 0 Å². The van der Waals surface area contributed by atoms with Crippen LogP contribution in [-0.2, 0) is 22.4 Å². The highest BCUT2D eigenvalue weighted by Gasteiger charge is 2.26. The van der Waals surface area contributed by atoms with Gasteiger partial charge < -0.3 is 14.7 Å². The molecule has 1 aliphatic heterocycles. The number of carbonyl (C=O) groups is 1. The van der Waals surface area contributed by atoms with Gasteiger partial charge in [0.2, 0.25) is 0 Å². The quantitative estimate of drug-likeness (QED) is 0.849. The molecular weight excluding hydrogens is 270 g/mol. The molecule has 0 saturated carbocycles. The highest BCUT2D eigenvalue weighted by molar-refractivity contribution is 5.67. The van der Waals surface area contributed by atoms with E-state index in [1.54, 1.807) is 6.33 Å². The molecule has 2 heterocycles. The molecule has 0 bridgehead atoms. The molecule has 1 saturated heterocycles. The van der Waals surface area contributed by atoms with Gasteiger partial charge in [-0.15, -0.1) is 0 Å². The third-order valence-electron chi connectivity index (χ3n) is 4.19. The van der Waals surface area contributed by atoms with E-state index in [9.17, 15) is 4.79 Å². The Kier molecular flexibility index (Phi) is 4.34. The van der Waals surface area contributed by atoms with Gasteiger partial charge in [0.05, 0.1) is 19.1 Å². The Balaban J connectivity index is 1.81. The summed E-state index contributed by atoms with van der Waals surface area (Å²) in [5.41, 5.74) is 2.42. The summed E-state index contributed by atoms with van der Waals surface area (Å²) in [4.78, 5) is 22.0. The lowest BCUT2D eigenvalue weighted by Gasteiger charge is -2.34. The van der Waals surface area contributed by atoms with E-state index in [0.717, 1.165) is 25.2 Å². The van der Waals surface area contributed by atoms with Crippen molar-refractivity contribution in [1.29, 1.82) is 0 Å². The van der Waals surface area contributed by atoms with Crippen molar-refractivity contribution in [3.8, 4) is 0 Å². The summed E-state index contributed by atoms with van der Waals surface area (Å²) in [5.74, 6) is 0.170. The summed E-state index contributed by atoms with van der Waals surface area (Å²) in [6.45, 7) is 1.91. The van der Waals surface area contributed by atoms with Crippen LogP contribution in [0.15, 0.2) is 6.33 Å². The molecule has 2 aliphatic rings. The summed E-state index contributed by atoms with van der Waals surface area (Å²) in [5, 5.41) is 8.93. The maximum atomic E-state index is 10.9. The van der Waals surface area contributed by atoms with Crippen molar-refractivity contribution >= 4 is 11.8 Å². The number of anilines is 1. The van der Waals surface area contributed by atoms with Crippen LogP contribution in [0, 0.1) is 0 Å². The van der Waals surface area contributed by atoms with Crippen molar-refractivity contribution in [3.63, 3.8) is 0 Å². The first-order valence-electron chi connectivity index (χ1n) is 7.65. The second-order valence-electron chi connectivity index (χ2n) is 5.72. The zero-order valence-corrected chi connectivity index (χ0v) is 12.1. The van der Waals surface area contributed by atoms with Gasteiger partial charge in [0.15, 0.2) is 0 Å². The number of morpholine rings is 1. The minimum Gasteiger partial charge on any atom is -0.481 e. The molecule has 114 valence electrons. The minimum absolute atomic E-state index is 0.0454. The zero-order chi connectivity index (χ0) is 14.7. The van der Waals surface area contributed by atoms with Gasteiger partial charge in [0.25, 0.3) is 0 Å². The maximum absolute atomic E-state index is 10.9. The molecule has 0 aromatic carbocycles. The number of aliphatic carboxylic acids is 1. The largest absolute Gasteiger partial charge is 0.481 e. The summed E-state index contributed by atoms with van der Waals surface area (Å²) >= 11 is 0. The van der Waals surface area contributed by atoms with Crippen LogP contribution in [0.25, 0.3) is 0 Å². The van der Waals surface area contributed by atoms with Gasteiger partial charge in [-0.25, -0.2) is 9.97 Å². The van der Waals surface area contributed by atoms with Crippen molar-refractivity contribution in [3.05, 3.63) is 17.6 Å². The number of aryl methyl sites for hydroxylation is 1. The SMILES string of the molecule is O=C(O)CC1CN(c2ncnc3c2CCCCC3)CCO1. The molecule has 1 aromatic heterocycles. The fraction of sp³-hybridized carbons (Fsp3) is 0.667. The minimum atomic E-state index is -0.816. The zero-order valence-electron chi connectivity index (χ0n) is 12.1. The van der Waals surface area contributed by atoms with Crippen LogP contribution < -0.4 is 4.90 Å². The highest BCUT2D eigenvalue weighted by atomic mass is 16.5. The van der Waals surface area contributed by atoms with Crippen molar-refractivity contribution < 1.29 is 14.6 Å². The molecule has 1 unspecified atom stereocenters. The van der Waals surface area contributed by atoms with Crippen molar-refractivity contribution in [2.45, 2.75) is 44.6 Å². The third-order valence-corrected chi connectivity index (χ3v) is 4.19. The Labute approximate surface area is 124 Å². The Bertz CT molecular complexity index is 521. The van der Waals surface area contributed by atoms with E-state index in [2.05, 4.69) is 14.9 Å². The molecule has 0 spiro atoms. The second kappa shape index (κ2) is 6.39. The molecule has 1 aliphatic carbocycles. The van der Waals surface area contributed by atoms with E-state index in [1.165, 1.54) is 30.5 Å². The first-order chi connectivity index (χ1) is 10.2. The first-order valence-corrected chi connectivity index (χ1v) is 7.65. The number of ether oxygens (including phenoxy) is 1. The monoisotopic (exact) mass is 291 g/mol. The molecule has 3 rings (SSSR count). The maximum Gasteiger partial charge on any atom is 0.306 e. The molecular formula is C15H21N3O3. The van der Waals surface area contributed by atoms with Crippen LogP contribution in [0.1, 0.15) is 36.9 Å². The molecule has 21 heavy (non-hydrogen) atoms. The van der Waals surface area contributed by atoms with Crippen LogP contribution >= 0.6 is 0 Å². The average molecular weight is 291 g/mol. The summed E-state index contributed by atoms with van der Waals surface area (Å²) in [7, 11) is 0. The second-order valence-corrected chi connectivity index (χ2v) is 5.72. The van der Waals surface area contributed by atoms with E-state index >= 15 is 0 Å². The van der Waals surface area contributed by atoms with Crippen molar-refractivity contribution in [2.75, 3.05) is 24.6 Å². The van der Waals surface area contributed by atoms with Gasteiger partial charge in [0.1, 0.15) is 12.1 Å². The fourth-order valence-corrected chi connectivity index (χ4v) is 3.18. The van der Waals surface area contributed by atoms with Gasteiger partial charge >= 0.3 is 5.97 Å². The number of carboxylic acids is 1. The molecule has 0 amide bonds. The summed E-state index contributed by atoms with van der Waals surface area (Å²) in [6, 6.07) is 0. The van der Waals surface area contributed by atoms with Gasteiger partial charge in [-0.2, -0.15) is 0 Å². The Morgan fingerprint density at radius 2 is 2.19 bits per heavy atom. The standard InChI is InChI=1S/C15H21N3O3/c19-14(20)8-11-9-18(6-7-21-11)15-12-4-2-1-3-5-13(12)16-10-17-15/h10-11H,1-9H2,(H,19,20). The molecule has 1 N–H and O–H groups in total.